The summed E-state index contributed by atoms with van der Waals surface area (Å²) in [6.45, 7) is 4.19. The number of rotatable bonds is 6. The largest absolute Gasteiger partial charge is 0.390 e. The first-order chi connectivity index (χ1) is 8.40. The van der Waals surface area contributed by atoms with E-state index in [0.29, 0.717) is 30.3 Å². The lowest BCUT2D eigenvalue weighted by Crippen LogP contribution is -2.31. The van der Waals surface area contributed by atoms with Gasteiger partial charge in [-0.2, -0.15) is 0 Å². The first kappa shape index (κ1) is 14.5. The molecule has 0 spiro atoms. The van der Waals surface area contributed by atoms with E-state index in [1.165, 1.54) is 13.1 Å². The molecule has 0 saturated heterocycles. The topological polar surface area (TPSA) is 78.3 Å². The van der Waals surface area contributed by atoms with Gasteiger partial charge in [0.05, 0.1) is 17.4 Å². The summed E-state index contributed by atoms with van der Waals surface area (Å²) in [5.41, 5.74) is 1.16. The molecule has 0 saturated carbocycles. The number of hydrogen-bond acceptors (Lipinski definition) is 6. The van der Waals surface area contributed by atoms with Gasteiger partial charge in [0.1, 0.15) is 0 Å². The second-order valence-corrected chi connectivity index (χ2v) is 4.55. The van der Waals surface area contributed by atoms with Crippen LogP contribution in [0.3, 0.4) is 0 Å². The van der Waals surface area contributed by atoms with Crippen molar-refractivity contribution < 1.29 is 9.90 Å². The summed E-state index contributed by atoms with van der Waals surface area (Å²) in [5.74, 6) is 0.377. The summed E-state index contributed by atoms with van der Waals surface area (Å²) in [5, 5.41) is 12.6. The number of anilines is 1. The molecule has 0 fully saturated rings. The molecule has 1 rings (SSSR count). The molecule has 6 heteroatoms. The monoisotopic (exact) mass is 252 g/mol. The molecule has 0 aliphatic heterocycles. The predicted octanol–water partition coefficient (Wildman–Crippen LogP) is 0.322. The second kappa shape index (κ2) is 6.42. The van der Waals surface area contributed by atoms with Gasteiger partial charge in [-0.05, 0) is 27.9 Å². The van der Waals surface area contributed by atoms with Crippen molar-refractivity contribution in [2.24, 2.45) is 0 Å². The number of nitrogens with zero attached hydrogens (tertiary/aromatic N) is 3. The van der Waals surface area contributed by atoms with Gasteiger partial charge >= 0.3 is 0 Å². The van der Waals surface area contributed by atoms with Crippen LogP contribution in [0.1, 0.15) is 23.0 Å². The van der Waals surface area contributed by atoms with E-state index in [9.17, 15) is 9.90 Å². The van der Waals surface area contributed by atoms with Crippen LogP contribution in [0.4, 0.5) is 5.95 Å². The van der Waals surface area contributed by atoms with E-state index in [2.05, 4.69) is 15.3 Å². The third kappa shape index (κ3) is 4.38. The van der Waals surface area contributed by atoms with Crippen LogP contribution in [0.25, 0.3) is 0 Å². The zero-order valence-corrected chi connectivity index (χ0v) is 11.3. The highest BCUT2D eigenvalue weighted by atomic mass is 16.3. The average molecular weight is 252 g/mol. The SMILES string of the molecule is CC(=O)c1cnc(NCC(O)CN(C)C)nc1C. The van der Waals surface area contributed by atoms with Crippen molar-refractivity contribution in [1.29, 1.82) is 0 Å². The van der Waals surface area contributed by atoms with Crippen molar-refractivity contribution in [2.45, 2.75) is 20.0 Å². The molecule has 6 nitrogen and oxygen atoms in total. The normalized spacial score (nSPS) is 12.6. The molecule has 0 aliphatic carbocycles. The fraction of sp³-hybridized carbons (Fsp3) is 0.583. The molecular formula is C12H20N4O2. The minimum Gasteiger partial charge on any atom is -0.390 e. The molecule has 1 atom stereocenters. The predicted molar refractivity (Wildman–Crippen MR) is 69.8 cm³/mol. The Labute approximate surface area is 107 Å². The number of aromatic nitrogens is 2. The van der Waals surface area contributed by atoms with Gasteiger partial charge in [-0.3, -0.25) is 4.79 Å². The smallest absolute Gasteiger partial charge is 0.222 e. The molecule has 2 N–H and O–H groups in total. The quantitative estimate of drug-likeness (QED) is 0.710. The van der Waals surface area contributed by atoms with Crippen molar-refractivity contribution in [3.05, 3.63) is 17.5 Å². The van der Waals surface area contributed by atoms with Crippen molar-refractivity contribution in [1.82, 2.24) is 14.9 Å². The Bertz CT molecular complexity index is 421. The molecule has 1 aromatic rings. The number of nitrogens with one attached hydrogen (secondary N) is 1. The van der Waals surface area contributed by atoms with Crippen LogP contribution in [0.2, 0.25) is 0 Å². The summed E-state index contributed by atoms with van der Waals surface area (Å²) < 4.78 is 0. The Morgan fingerprint density at radius 2 is 2.22 bits per heavy atom. The third-order valence-electron chi connectivity index (χ3n) is 2.43. The molecule has 100 valence electrons. The summed E-state index contributed by atoms with van der Waals surface area (Å²) in [7, 11) is 3.79. The van der Waals surface area contributed by atoms with Gasteiger partial charge in [-0.1, -0.05) is 0 Å². The van der Waals surface area contributed by atoms with Crippen molar-refractivity contribution in [3.63, 3.8) is 0 Å². The Hall–Kier alpha value is -1.53. The Balaban J connectivity index is 2.58. The van der Waals surface area contributed by atoms with Gasteiger partial charge in [0, 0.05) is 19.3 Å². The third-order valence-corrected chi connectivity index (χ3v) is 2.43. The van der Waals surface area contributed by atoms with Crippen molar-refractivity contribution in [2.75, 3.05) is 32.5 Å². The zero-order valence-electron chi connectivity index (χ0n) is 11.3. The molecule has 0 aliphatic rings. The van der Waals surface area contributed by atoms with Gasteiger partial charge in [0.15, 0.2) is 5.78 Å². The van der Waals surface area contributed by atoms with E-state index in [0.717, 1.165) is 0 Å². The van der Waals surface area contributed by atoms with Crippen LogP contribution in [0.5, 0.6) is 0 Å². The molecule has 0 amide bonds. The van der Waals surface area contributed by atoms with Crippen LogP contribution in [0, 0.1) is 6.92 Å². The number of hydrogen-bond donors (Lipinski definition) is 2. The summed E-state index contributed by atoms with van der Waals surface area (Å²) in [6, 6.07) is 0. The maximum atomic E-state index is 11.2. The van der Waals surface area contributed by atoms with E-state index in [4.69, 9.17) is 0 Å². The zero-order chi connectivity index (χ0) is 13.7. The van der Waals surface area contributed by atoms with Gasteiger partial charge in [0.2, 0.25) is 5.95 Å². The lowest BCUT2D eigenvalue weighted by atomic mass is 10.2. The van der Waals surface area contributed by atoms with E-state index >= 15 is 0 Å². The van der Waals surface area contributed by atoms with Crippen LogP contribution >= 0.6 is 0 Å². The average Bonchev–Trinajstić information content (AvgIpc) is 2.25. The van der Waals surface area contributed by atoms with Gasteiger partial charge < -0.3 is 15.3 Å². The highest BCUT2D eigenvalue weighted by Gasteiger charge is 2.09. The Morgan fingerprint density at radius 3 is 2.72 bits per heavy atom. The molecular weight excluding hydrogens is 232 g/mol. The van der Waals surface area contributed by atoms with Gasteiger partial charge in [0.25, 0.3) is 0 Å². The van der Waals surface area contributed by atoms with Gasteiger partial charge in [-0.25, -0.2) is 9.97 Å². The first-order valence-electron chi connectivity index (χ1n) is 5.81. The summed E-state index contributed by atoms with van der Waals surface area (Å²) in [6.07, 6.45) is 1.02. The number of ketones is 1. The van der Waals surface area contributed by atoms with Crippen molar-refractivity contribution in [3.8, 4) is 0 Å². The molecule has 0 bridgehead atoms. The molecule has 1 heterocycles. The van der Waals surface area contributed by atoms with E-state index in [-0.39, 0.29) is 5.78 Å². The number of carbonyl (C=O) groups is 1. The van der Waals surface area contributed by atoms with Crippen LogP contribution in [0.15, 0.2) is 6.20 Å². The lowest BCUT2D eigenvalue weighted by Gasteiger charge is -2.16. The standard InChI is InChI=1S/C12H20N4O2/c1-8-11(9(2)17)6-14-12(15-8)13-5-10(18)7-16(3)4/h6,10,18H,5,7H2,1-4H3,(H,13,14,15). The number of aryl methyl sites for hydroxylation is 1. The maximum absolute atomic E-state index is 11.2. The van der Waals surface area contributed by atoms with Crippen LogP contribution in [-0.4, -0.2) is 59.0 Å². The highest BCUT2D eigenvalue weighted by Crippen LogP contribution is 2.07. The van der Waals surface area contributed by atoms with E-state index < -0.39 is 6.10 Å². The van der Waals surface area contributed by atoms with E-state index in [1.54, 1.807) is 6.92 Å². The van der Waals surface area contributed by atoms with E-state index in [1.807, 2.05) is 19.0 Å². The minimum absolute atomic E-state index is 0.0494. The number of aliphatic hydroxyl groups excluding tert-OH is 1. The van der Waals surface area contributed by atoms with Crippen LogP contribution < -0.4 is 5.32 Å². The maximum Gasteiger partial charge on any atom is 0.222 e. The lowest BCUT2D eigenvalue weighted by molar-refractivity contribution is 0.101. The molecule has 0 aromatic carbocycles. The number of aliphatic hydroxyl groups is 1. The first-order valence-corrected chi connectivity index (χ1v) is 5.81. The number of Topliss-reactive ketones (excluding diaryl/α,β-unsaturated/α-hetero) is 1. The number of likely N-dealkylation sites (N-methyl/N-ethyl adjacent to an activating group) is 1. The molecule has 1 unspecified atom stereocenters. The fourth-order valence-corrected chi connectivity index (χ4v) is 1.59. The molecule has 0 radical (unpaired) electrons. The van der Waals surface area contributed by atoms with Crippen molar-refractivity contribution >= 4 is 11.7 Å². The molecule has 1 aromatic heterocycles. The summed E-state index contributed by atoms with van der Waals surface area (Å²) in [4.78, 5) is 21.3. The Morgan fingerprint density at radius 1 is 1.56 bits per heavy atom. The molecule has 18 heavy (non-hydrogen) atoms. The second-order valence-electron chi connectivity index (χ2n) is 4.55. The highest BCUT2D eigenvalue weighted by molar-refractivity contribution is 5.94. The Kier molecular flexibility index (Phi) is 5.18. The summed E-state index contributed by atoms with van der Waals surface area (Å²) >= 11 is 0. The number of carbonyl (C=O) groups excluding carboxylic acids is 1. The fourth-order valence-electron chi connectivity index (χ4n) is 1.59. The van der Waals surface area contributed by atoms with Crippen LogP contribution in [-0.2, 0) is 0 Å². The van der Waals surface area contributed by atoms with Gasteiger partial charge in [-0.15, -0.1) is 0 Å². The minimum atomic E-state index is -0.489.